The van der Waals surface area contributed by atoms with Crippen molar-refractivity contribution >= 4 is 23.9 Å². The summed E-state index contributed by atoms with van der Waals surface area (Å²) >= 11 is 0. The molecule has 4 aliphatic rings. The molecule has 0 heterocycles. The highest BCUT2D eigenvalue weighted by atomic mass is 16.6. The van der Waals surface area contributed by atoms with E-state index in [4.69, 9.17) is 18.9 Å². The Labute approximate surface area is 434 Å². The van der Waals surface area contributed by atoms with E-state index >= 15 is 0 Å². The second-order valence-electron chi connectivity index (χ2n) is 23.1. The van der Waals surface area contributed by atoms with E-state index in [0.717, 1.165) is 152 Å². The van der Waals surface area contributed by atoms with Crippen molar-refractivity contribution in [3.05, 3.63) is 0 Å². The first-order valence-corrected chi connectivity index (χ1v) is 30.9. The Balaban J connectivity index is 1.12. The summed E-state index contributed by atoms with van der Waals surface area (Å²) < 4.78 is 22.9. The first-order chi connectivity index (χ1) is 34.9. The highest BCUT2D eigenvalue weighted by molar-refractivity contribution is 5.95. The molecule has 0 aromatic rings. The summed E-state index contributed by atoms with van der Waals surface area (Å²) in [5, 5.41) is 9.64. The molecule has 412 valence electrons. The summed E-state index contributed by atoms with van der Waals surface area (Å²) in [5.74, 6) is -0.0615. The number of nitrogens with zero attached hydrogens (tertiary/aromatic N) is 1. The van der Waals surface area contributed by atoms with Crippen molar-refractivity contribution in [1.29, 1.82) is 0 Å². The van der Waals surface area contributed by atoms with Crippen molar-refractivity contribution in [1.82, 2.24) is 4.90 Å². The lowest BCUT2D eigenvalue weighted by Crippen LogP contribution is -2.29. The van der Waals surface area contributed by atoms with Gasteiger partial charge >= 0.3 is 23.9 Å². The summed E-state index contributed by atoms with van der Waals surface area (Å²) in [7, 11) is 0. The summed E-state index contributed by atoms with van der Waals surface area (Å²) in [6, 6.07) is 0. The van der Waals surface area contributed by atoms with E-state index in [1.54, 1.807) is 0 Å². The number of aliphatic hydroxyl groups excluding tert-OH is 1. The standard InChI is InChI=1S/C61H109NO9/c63-47-29-46-62(44-23-3-1-17-42-56(58(64)68-48-25-19-38-52-30-9-5-10-31-52)59(65)69-49-26-20-39-53-32-11-6-12-33-53)45-24-4-2-18-43-57(60(66)70-50-27-21-40-54-34-13-7-14-35-54)61(67)71-51-28-22-41-55-36-15-8-16-37-55/h52-57,63H,1-51H2. The minimum absolute atomic E-state index is 0.166. The van der Waals surface area contributed by atoms with Crippen LogP contribution in [0.2, 0.25) is 0 Å². The second kappa shape index (κ2) is 41.1. The van der Waals surface area contributed by atoms with E-state index < -0.39 is 35.7 Å². The van der Waals surface area contributed by atoms with Gasteiger partial charge in [-0.1, -0.05) is 193 Å². The molecule has 0 saturated heterocycles. The van der Waals surface area contributed by atoms with Crippen LogP contribution in [0.25, 0.3) is 0 Å². The van der Waals surface area contributed by atoms with Gasteiger partial charge in [0.25, 0.3) is 0 Å². The largest absolute Gasteiger partial charge is 0.465 e. The molecular formula is C61H109NO9. The Morgan fingerprint density at radius 1 is 0.338 bits per heavy atom. The van der Waals surface area contributed by atoms with Crippen LogP contribution in [-0.2, 0) is 38.1 Å². The summed E-state index contributed by atoms with van der Waals surface area (Å²) in [6.07, 6.45) is 48.5. The Bertz CT molecular complexity index is 1160. The highest BCUT2D eigenvalue weighted by Gasteiger charge is 2.31. The van der Waals surface area contributed by atoms with Gasteiger partial charge in [-0.15, -0.1) is 0 Å². The monoisotopic (exact) mass is 1000 g/mol. The van der Waals surface area contributed by atoms with Crippen molar-refractivity contribution in [2.75, 3.05) is 52.7 Å². The molecule has 4 aliphatic carbocycles. The molecule has 10 nitrogen and oxygen atoms in total. The predicted molar refractivity (Wildman–Crippen MR) is 287 cm³/mol. The molecule has 71 heavy (non-hydrogen) atoms. The molecule has 0 aromatic carbocycles. The van der Waals surface area contributed by atoms with E-state index in [1.807, 2.05) is 0 Å². The molecule has 0 unspecified atom stereocenters. The van der Waals surface area contributed by atoms with Gasteiger partial charge in [0, 0.05) is 13.2 Å². The predicted octanol–water partition coefficient (Wildman–Crippen LogP) is 15.0. The Morgan fingerprint density at radius 2 is 0.606 bits per heavy atom. The number of hydrogen-bond acceptors (Lipinski definition) is 10. The Kier molecular flexibility index (Phi) is 35.5. The zero-order valence-corrected chi connectivity index (χ0v) is 45.7. The SMILES string of the molecule is O=C(OCCCCC1CCCCC1)C(CCCCCCN(CCCO)CCCCCCC(C(=O)OCCCCC1CCCCC1)C(=O)OCCCCC1CCCCC1)C(=O)OCCCCC1CCCCC1. The van der Waals surface area contributed by atoms with Gasteiger partial charge in [-0.3, -0.25) is 19.2 Å². The summed E-state index contributed by atoms with van der Waals surface area (Å²) in [4.78, 5) is 55.7. The summed E-state index contributed by atoms with van der Waals surface area (Å²) in [6.45, 7) is 4.41. The third-order valence-electron chi connectivity index (χ3n) is 17.1. The lowest BCUT2D eigenvalue weighted by Gasteiger charge is -2.22. The van der Waals surface area contributed by atoms with Gasteiger partial charge < -0.3 is 29.0 Å². The van der Waals surface area contributed by atoms with E-state index in [2.05, 4.69) is 4.90 Å². The number of unbranched alkanes of at least 4 members (excludes halogenated alkanes) is 10. The fourth-order valence-electron chi connectivity index (χ4n) is 12.5. The quantitative estimate of drug-likeness (QED) is 0.0274. The molecule has 0 atom stereocenters. The molecule has 1 N–H and O–H groups in total. The third kappa shape index (κ3) is 29.5. The van der Waals surface area contributed by atoms with E-state index in [0.29, 0.717) is 39.3 Å². The molecule has 4 saturated carbocycles. The van der Waals surface area contributed by atoms with Crippen molar-refractivity contribution < 1.29 is 43.2 Å². The molecule has 0 amide bonds. The number of esters is 4. The Morgan fingerprint density at radius 3 is 0.887 bits per heavy atom. The van der Waals surface area contributed by atoms with Crippen molar-refractivity contribution in [2.24, 2.45) is 35.5 Å². The van der Waals surface area contributed by atoms with Crippen molar-refractivity contribution in [2.45, 2.75) is 276 Å². The van der Waals surface area contributed by atoms with Crippen molar-refractivity contribution in [3.8, 4) is 0 Å². The normalized spacial score (nSPS) is 17.8. The third-order valence-corrected chi connectivity index (χ3v) is 17.1. The minimum Gasteiger partial charge on any atom is -0.465 e. The molecule has 0 radical (unpaired) electrons. The second-order valence-corrected chi connectivity index (χ2v) is 23.1. The van der Waals surface area contributed by atoms with Crippen LogP contribution in [0.5, 0.6) is 0 Å². The molecule has 0 aromatic heterocycles. The zero-order chi connectivity index (χ0) is 50.2. The van der Waals surface area contributed by atoms with Gasteiger partial charge in [0.15, 0.2) is 11.8 Å². The number of carbonyl (C=O) groups excluding carboxylic acids is 4. The maximum Gasteiger partial charge on any atom is 0.320 e. The van der Waals surface area contributed by atoms with Crippen LogP contribution in [0, 0.1) is 35.5 Å². The van der Waals surface area contributed by atoms with Crippen LogP contribution in [0.15, 0.2) is 0 Å². The molecule has 10 heteroatoms. The minimum atomic E-state index is -0.847. The van der Waals surface area contributed by atoms with Crippen LogP contribution < -0.4 is 0 Å². The number of hydrogen-bond donors (Lipinski definition) is 1. The lowest BCUT2D eigenvalue weighted by molar-refractivity contribution is -0.164. The average Bonchev–Trinajstić information content (AvgIpc) is 3.40. The molecular weight excluding hydrogens is 891 g/mol. The number of rotatable bonds is 41. The first-order valence-electron chi connectivity index (χ1n) is 30.9. The maximum absolute atomic E-state index is 13.3. The average molecular weight is 1000 g/mol. The smallest absolute Gasteiger partial charge is 0.320 e. The highest BCUT2D eigenvalue weighted by Crippen LogP contribution is 2.31. The molecule has 0 aliphatic heterocycles. The van der Waals surface area contributed by atoms with E-state index in [9.17, 15) is 24.3 Å². The molecule has 0 bridgehead atoms. The van der Waals surface area contributed by atoms with Gasteiger partial charge in [0.1, 0.15) is 0 Å². The van der Waals surface area contributed by atoms with Gasteiger partial charge in [-0.05, 0) is 120 Å². The Hall–Kier alpha value is -2.20. The van der Waals surface area contributed by atoms with Gasteiger partial charge in [0.05, 0.1) is 26.4 Å². The maximum atomic E-state index is 13.3. The zero-order valence-electron chi connectivity index (χ0n) is 45.7. The van der Waals surface area contributed by atoms with Crippen LogP contribution >= 0.6 is 0 Å². The van der Waals surface area contributed by atoms with Gasteiger partial charge in [-0.25, -0.2) is 0 Å². The molecule has 4 fully saturated rings. The number of ether oxygens (including phenoxy) is 4. The topological polar surface area (TPSA) is 129 Å². The van der Waals surface area contributed by atoms with Crippen LogP contribution in [0.4, 0.5) is 0 Å². The molecule has 4 rings (SSSR count). The van der Waals surface area contributed by atoms with E-state index in [-0.39, 0.29) is 6.61 Å². The molecule has 0 spiro atoms. The number of carbonyl (C=O) groups is 4. The fraction of sp³-hybridized carbons (Fsp3) is 0.934. The van der Waals surface area contributed by atoms with Gasteiger partial charge in [-0.2, -0.15) is 0 Å². The van der Waals surface area contributed by atoms with Gasteiger partial charge in [0.2, 0.25) is 0 Å². The first kappa shape index (κ1) is 61.3. The number of aliphatic hydroxyl groups is 1. The lowest BCUT2D eigenvalue weighted by atomic mass is 9.86. The van der Waals surface area contributed by atoms with Crippen LogP contribution in [0.1, 0.15) is 276 Å². The van der Waals surface area contributed by atoms with Crippen LogP contribution in [-0.4, -0.2) is 86.6 Å². The van der Waals surface area contributed by atoms with E-state index in [1.165, 1.54) is 154 Å². The van der Waals surface area contributed by atoms with Crippen LogP contribution in [0.3, 0.4) is 0 Å². The van der Waals surface area contributed by atoms with Crippen molar-refractivity contribution in [3.63, 3.8) is 0 Å². The summed E-state index contributed by atoms with van der Waals surface area (Å²) in [5.41, 5.74) is 0. The fourth-order valence-corrected chi connectivity index (χ4v) is 12.5.